The van der Waals surface area contributed by atoms with Crippen LogP contribution in [0.3, 0.4) is 0 Å². The number of sulfonamides is 1. The van der Waals surface area contributed by atoms with Crippen LogP contribution in [0, 0.1) is 0 Å². The first kappa shape index (κ1) is 16.7. The highest BCUT2D eigenvalue weighted by Crippen LogP contribution is 2.26. The third kappa shape index (κ3) is 2.62. The number of aromatic amines is 2. The van der Waals surface area contributed by atoms with Gasteiger partial charge in [0.1, 0.15) is 5.52 Å². The molecule has 0 bridgehead atoms. The van der Waals surface area contributed by atoms with Gasteiger partial charge in [0.2, 0.25) is 10.0 Å². The van der Waals surface area contributed by atoms with E-state index in [0.29, 0.717) is 21.8 Å². The average Bonchev–Trinajstić information content (AvgIpc) is 3.02. The highest BCUT2D eigenvalue weighted by Gasteiger charge is 2.27. The van der Waals surface area contributed by atoms with E-state index in [2.05, 4.69) is 9.97 Å². The number of hydrogen-bond donors (Lipinski definition) is 3. The summed E-state index contributed by atoms with van der Waals surface area (Å²) in [4.78, 5) is 17.7. The predicted octanol–water partition coefficient (Wildman–Crippen LogP) is 1.40. The molecule has 0 unspecified atom stereocenters. The molecule has 0 aliphatic heterocycles. The molecule has 0 radical (unpaired) electrons. The lowest BCUT2D eigenvalue weighted by Crippen LogP contribution is -2.38. The topological polar surface area (TPSA) is 106 Å². The molecular weight excluding hydrogens is 330 g/mol. The fraction of sp³-hybridized carbons (Fsp3) is 0.312. The van der Waals surface area contributed by atoms with Gasteiger partial charge in [-0.15, -0.1) is 0 Å². The summed E-state index contributed by atoms with van der Waals surface area (Å²) in [6, 6.07) is 6.09. The average molecular weight is 349 g/mol. The Morgan fingerprint density at radius 1 is 1.21 bits per heavy atom. The van der Waals surface area contributed by atoms with Crippen molar-refractivity contribution < 1.29 is 13.5 Å². The number of hydrogen-bond acceptors (Lipinski definition) is 4. The number of nitrogens with zero attached hydrogens (tertiary/aromatic N) is 1. The minimum atomic E-state index is -3.74. The van der Waals surface area contributed by atoms with Crippen molar-refractivity contribution >= 4 is 31.8 Å². The van der Waals surface area contributed by atoms with Crippen molar-refractivity contribution in [3.8, 4) is 0 Å². The van der Waals surface area contributed by atoms with Crippen LogP contribution in [0.2, 0.25) is 0 Å². The van der Waals surface area contributed by atoms with Crippen LogP contribution in [0.25, 0.3) is 21.8 Å². The Labute approximate surface area is 139 Å². The molecular formula is C16H19N3O4S. The lowest BCUT2D eigenvalue weighted by atomic mass is 10.1. The second-order valence-corrected chi connectivity index (χ2v) is 7.75. The van der Waals surface area contributed by atoms with Gasteiger partial charge in [-0.05, 0) is 38.1 Å². The summed E-state index contributed by atoms with van der Waals surface area (Å²) >= 11 is 0. The van der Waals surface area contributed by atoms with Crippen LogP contribution in [-0.4, -0.2) is 47.0 Å². The van der Waals surface area contributed by atoms with Crippen LogP contribution in [0.4, 0.5) is 0 Å². The largest absolute Gasteiger partial charge is 0.395 e. The van der Waals surface area contributed by atoms with Gasteiger partial charge in [0, 0.05) is 35.1 Å². The van der Waals surface area contributed by atoms with Gasteiger partial charge in [-0.25, -0.2) is 8.42 Å². The van der Waals surface area contributed by atoms with Crippen molar-refractivity contribution in [2.45, 2.75) is 24.8 Å². The zero-order chi connectivity index (χ0) is 17.5. The summed E-state index contributed by atoms with van der Waals surface area (Å²) in [6.45, 7) is 3.30. The summed E-state index contributed by atoms with van der Waals surface area (Å²) in [5.74, 6) is 0. The van der Waals surface area contributed by atoms with Gasteiger partial charge < -0.3 is 15.1 Å². The summed E-state index contributed by atoms with van der Waals surface area (Å²) < 4.78 is 27.0. The van der Waals surface area contributed by atoms with E-state index in [1.807, 2.05) is 0 Å². The lowest BCUT2D eigenvalue weighted by Gasteiger charge is -2.25. The van der Waals surface area contributed by atoms with E-state index in [4.69, 9.17) is 5.11 Å². The zero-order valence-corrected chi connectivity index (χ0v) is 14.2. The molecule has 0 spiro atoms. The molecule has 0 aliphatic carbocycles. The Hall–Kier alpha value is -2.16. The normalized spacial score (nSPS) is 12.7. The SMILES string of the molecule is CC(C)N(CCO)S(=O)(=O)c1ccc2[nH]c(=O)c3[nH]ccc3c2c1. The van der Waals surface area contributed by atoms with Gasteiger partial charge >= 0.3 is 0 Å². The van der Waals surface area contributed by atoms with Crippen molar-refractivity contribution in [2.75, 3.05) is 13.2 Å². The Balaban J connectivity index is 2.23. The number of fused-ring (bicyclic) bond motifs is 3. The van der Waals surface area contributed by atoms with E-state index < -0.39 is 10.0 Å². The summed E-state index contributed by atoms with van der Waals surface area (Å²) in [6.07, 6.45) is 1.65. The molecule has 8 heteroatoms. The predicted molar refractivity (Wildman–Crippen MR) is 92.5 cm³/mol. The van der Waals surface area contributed by atoms with Crippen LogP contribution < -0.4 is 5.56 Å². The highest BCUT2D eigenvalue weighted by molar-refractivity contribution is 7.89. The van der Waals surface area contributed by atoms with Crippen LogP contribution in [0.15, 0.2) is 40.2 Å². The van der Waals surface area contributed by atoms with Crippen molar-refractivity contribution in [1.29, 1.82) is 0 Å². The first-order valence-electron chi connectivity index (χ1n) is 7.62. The molecule has 128 valence electrons. The quantitative estimate of drug-likeness (QED) is 0.647. The van der Waals surface area contributed by atoms with E-state index >= 15 is 0 Å². The minimum Gasteiger partial charge on any atom is -0.395 e. The van der Waals surface area contributed by atoms with Crippen LogP contribution in [-0.2, 0) is 10.0 Å². The first-order valence-corrected chi connectivity index (χ1v) is 9.06. The molecule has 1 aromatic carbocycles. The maximum absolute atomic E-state index is 12.9. The van der Waals surface area contributed by atoms with Gasteiger partial charge in [0.05, 0.1) is 11.5 Å². The molecule has 0 aliphatic rings. The third-order valence-corrected chi connectivity index (χ3v) is 6.08. The van der Waals surface area contributed by atoms with Gasteiger partial charge in [0.25, 0.3) is 5.56 Å². The van der Waals surface area contributed by atoms with Gasteiger partial charge in [0.15, 0.2) is 0 Å². The molecule has 24 heavy (non-hydrogen) atoms. The second kappa shape index (κ2) is 6.04. The Bertz CT molecular complexity index is 1050. The highest BCUT2D eigenvalue weighted by atomic mass is 32.2. The van der Waals surface area contributed by atoms with Gasteiger partial charge in [-0.3, -0.25) is 4.79 Å². The van der Waals surface area contributed by atoms with E-state index in [1.165, 1.54) is 10.4 Å². The molecule has 2 heterocycles. The van der Waals surface area contributed by atoms with Gasteiger partial charge in [-0.1, -0.05) is 0 Å². The summed E-state index contributed by atoms with van der Waals surface area (Å²) in [5.41, 5.74) is 0.736. The number of aliphatic hydroxyl groups is 1. The molecule has 0 saturated heterocycles. The number of aromatic nitrogens is 2. The van der Waals surface area contributed by atoms with E-state index in [-0.39, 0.29) is 29.6 Å². The number of rotatable bonds is 5. The third-order valence-electron chi connectivity index (χ3n) is 4.01. The van der Waals surface area contributed by atoms with Crippen molar-refractivity contribution in [3.05, 3.63) is 40.8 Å². The fourth-order valence-electron chi connectivity index (χ4n) is 2.87. The fourth-order valence-corrected chi connectivity index (χ4v) is 4.53. The molecule has 3 N–H and O–H groups in total. The van der Waals surface area contributed by atoms with Crippen molar-refractivity contribution in [2.24, 2.45) is 0 Å². The van der Waals surface area contributed by atoms with E-state index in [1.54, 1.807) is 38.2 Å². The van der Waals surface area contributed by atoms with Crippen molar-refractivity contribution in [1.82, 2.24) is 14.3 Å². The van der Waals surface area contributed by atoms with Crippen LogP contribution in [0.5, 0.6) is 0 Å². The monoisotopic (exact) mass is 349 g/mol. The van der Waals surface area contributed by atoms with Crippen LogP contribution in [0.1, 0.15) is 13.8 Å². The molecule has 0 saturated carbocycles. The molecule has 0 amide bonds. The summed E-state index contributed by atoms with van der Waals surface area (Å²) in [5, 5.41) is 10.5. The molecule has 3 rings (SSSR count). The summed E-state index contributed by atoms with van der Waals surface area (Å²) in [7, 11) is -3.74. The maximum Gasteiger partial charge on any atom is 0.272 e. The lowest BCUT2D eigenvalue weighted by molar-refractivity contribution is 0.236. The maximum atomic E-state index is 12.9. The minimum absolute atomic E-state index is 0.0310. The Kier molecular flexibility index (Phi) is 4.20. The number of nitrogens with one attached hydrogen (secondary N) is 2. The van der Waals surface area contributed by atoms with Crippen molar-refractivity contribution in [3.63, 3.8) is 0 Å². The molecule has 0 fully saturated rings. The molecule has 7 nitrogen and oxygen atoms in total. The first-order chi connectivity index (χ1) is 11.4. The Morgan fingerprint density at radius 3 is 2.62 bits per heavy atom. The number of aliphatic hydroxyl groups excluding tert-OH is 1. The Morgan fingerprint density at radius 2 is 1.96 bits per heavy atom. The molecule has 0 atom stereocenters. The van der Waals surface area contributed by atoms with E-state index in [0.717, 1.165) is 0 Å². The van der Waals surface area contributed by atoms with Crippen LogP contribution >= 0.6 is 0 Å². The molecule has 3 aromatic rings. The second-order valence-electron chi connectivity index (χ2n) is 5.86. The standard InChI is InChI=1S/C16H19N3O4S/c1-10(2)19(7-8-20)24(22,23)11-3-4-14-13(9-11)12-5-6-17-15(12)16(21)18-14/h3-6,9-10,17,20H,7-8H2,1-2H3,(H,18,21). The smallest absolute Gasteiger partial charge is 0.272 e. The number of benzene rings is 1. The van der Waals surface area contributed by atoms with Gasteiger partial charge in [-0.2, -0.15) is 4.31 Å². The number of pyridine rings is 1. The zero-order valence-electron chi connectivity index (χ0n) is 13.4. The molecule has 2 aromatic heterocycles. The van der Waals surface area contributed by atoms with E-state index in [9.17, 15) is 13.2 Å². The number of H-pyrrole nitrogens is 2.